The summed E-state index contributed by atoms with van der Waals surface area (Å²) in [5.41, 5.74) is 0.353. The molecule has 2 atom stereocenters. The van der Waals surface area contributed by atoms with Crippen molar-refractivity contribution in [3.63, 3.8) is 0 Å². The quantitative estimate of drug-likeness (QED) is 0.892. The van der Waals surface area contributed by atoms with Crippen LogP contribution in [0.2, 0.25) is 10.6 Å². The van der Waals surface area contributed by atoms with Crippen LogP contribution in [0.4, 0.5) is 5.95 Å². The lowest BCUT2D eigenvalue weighted by molar-refractivity contribution is 0.534. The zero-order valence-corrected chi connectivity index (χ0v) is 10.1. The van der Waals surface area contributed by atoms with Gasteiger partial charge in [-0.1, -0.05) is 13.8 Å². The maximum Gasteiger partial charge on any atom is 0.228 e. The number of anilines is 1. The molecule has 0 aliphatic heterocycles. The maximum atomic E-state index is 5.67. The van der Waals surface area contributed by atoms with Gasteiger partial charge in [0, 0.05) is 6.04 Å². The van der Waals surface area contributed by atoms with E-state index in [1.165, 1.54) is 0 Å². The Bertz CT molecular complexity index is 364. The third-order valence-electron chi connectivity index (χ3n) is 3.04. The van der Waals surface area contributed by atoms with Crippen molar-refractivity contribution in [1.29, 1.82) is 0 Å². The number of nitrogens with one attached hydrogen (secondary N) is 1. The van der Waals surface area contributed by atoms with E-state index in [1.807, 2.05) is 0 Å². The van der Waals surface area contributed by atoms with E-state index in [9.17, 15) is 0 Å². The first-order valence-electron chi connectivity index (χ1n) is 4.87. The van der Waals surface area contributed by atoms with E-state index < -0.39 is 0 Å². The van der Waals surface area contributed by atoms with Crippen molar-refractivity contribution < 1.29 is 0 Å². The Balaban J connectivity index is 2.06. The molecule has 1 N–H and O–H groups in total. The Hall–Kier alpha value is -0.610. The zero-order chi connectivity index (χ0) is 11.1. The van der Waals surface area contributed by atoms with Crippen LogP contribution in [0.25, 0.3) is 0 Å². The van der Waals surface area contributed by atoms with E-state index >= 15 is 0 Å². The fraction of sp³-hybridized carbons (Fsp3) is 0.667. The lowest BCUT2D eigenvalue weighted by Gasteiger charge is -2.08. The third kappa shape index (κ3) is 2.32. The van der Waals surface area contributed by atoms with Crippen molar-refractivity contribution in [2.75, 3.05) is 5.32 Å². The van der Waals surface area contributed by atoms with Gasteiger partial charge in [0.15, 0.2) is 0 Å². The van der Waals surface area contributed by atoms with Gasteiger partial charge in [-0.2, -0.15) is 15.0 Å². The molecule has 82 valence electrons. The topological polar surface area (TPSA) is 50.7 Å². The molecule has 1 heterocycles. The molecule has 1 aliphatic carbocycles. The van der Waals surface area contributed by atoms with Crippen LogP contribution < -0.4 is 5.32 Å². The first-order chi connectivity index (χ1) is 7.03. The number of nitrogens with zero attached hydrogens (tertiary/aromatic N) is 3. The van der Waals surface area contributed by atoms with Crippen molar-refractivity contribution in [2.45, 2.75) is 32.7 Å². The monoisotopic (exact) mass is 246 g/mol. The van der Waals surface area contributed by atoms with Gasteiger partial charge in [-0.15, -0.1) is 0 Å². The Kier molecular flexibility index (Phi) is 2.73. The fourth-order valence-corrected chi connectivity index (χ4v) is 1.93. The molecule has 1 aliphatic rings. The second-order valence-electron chi connectivity index (χ2n) is 4.11. The van der Waals surface area contributed by atoms with E-state index in [0.29, 0.717) is 17.4 Å². The minimum atomic E-state index is 0.122. The van der Waals surface area contributed by atoms with Crippen molar-refractivity contribution in [2.24, 2.45) is 5.41 Å². The van der Waals surface area contributed by atoms with Crippen molar-refractivity contribution in [1.82, 2.24) is 15.0 Å². The zero-order valence-electron chi connectivity index (χ0n) is 8.59. The number of aromatic nitrogens is 3. The molecule has 6 heteroatoms. The molecule has 2 rings (SSSR count). The first-order valence-corrected chi connectivity index (χ1v) is 5.63. The summed E-state index contributed by atoms with van der Waals surface area (Å²) in [4.78, 5) is 11.6. The highest BCUT2D eigenvalue weighted by atomic mass is 35.5. The molecule has 1 fully saturated rings. The van der Waals surface area contributed by atoms with E-state index in [-0.39, 0.29) is 10.6 Å². The van der Waals surface area contributed by atoms with Gasteiger partial charge in [0.05, 0.1) is 0 Å². The molecule has 0 saturated heterocycles. The van der Waals surface area contributed by atoms with E-state index in [0.717, 1.165) is 12.8 Å². The van der Waals surface area contributed by atoms with Crippen molar-refractivity contribution >= 4 is 29.2 Å². The molecule has 0 aromatic carbocycles. The highest BCUT2D eigenvalue weighted by Gasteiger charge is 2.48. The average molecular weight is 247 g/mol. The summed E-state index contributed by atoms with van der Waals surface area (Å²) in [6.07, 6.45) is 2.27. The maximum absolute atomic E-state index is 5.67. The third-order valence-corrected chi connectivity index (χ3v) is 3.38. The lowest BCUT2D eigenvalue weighted by Crippen LogP contribution is -2.13. The van der Waals surface area contributed by atoms with Crippen LogP contribution >= 0.6 is 23.2 Å². The van der Waals surface area contributed by atoms with Gasteiger partial charge in [-0.25, -0.2) is 0 Å². The van der Waals surface area contributed by atoms with Gasteiger partial charge in [-0.05, 0) is 41.5 Å². The van der Waals surface area contributed by atoms with Crippen LogP contribution in [0.5, 0.6) is 0 Å². The second-order valence-corrected chi connectivity index (χ2v) is 4.78. The van der Waals surface area contributed by atoms with E-state index in [2.05, 4.69) is 34.1 Å². The van der Waals surface area contributed by atoms with Crippen LogP contribution in [0.1, 0.15) is 26.7 Å². The molecule has 2 unspecified atom stereocenters. The molecule has 0 bridgehead atoms. The second kappa shape index (κ2) is 3.76. The molecule has 15 heavy (non-hydrogen) atoms. The molecule has 0 amide bonds. The molecule has 4 nitrogen and oxygen atoms in total. The summed E-state index contributed by atoms with van der Waals surface area (Å²) in [6, 6.07) is 0.414. The predicted octanol–water partition coefficient (Wildman–Crippen LogP) is 2.78. The summed E-state index contributed by atoms with van der Waals surface area (Å²) in [5.74, 6) is 0.460. The summed E-state index contributed by atoms with van der Waals surface area (Å²) < 4.78 is 0. The van der Waals surface area contributed by atoms with Gasteiger partial charge in [0.2, 0.25) is 16.5 Å². The molecule has 1 aromatic heterocycles. The molecular formula is C9H12Cl2N4. The van der Waals surface area contributed by atoms with Crippen LogP contribution in [0, 0.1) is 5.41 Å². The predicted molar refractivity (Wildman–Crippen MR) is 60.3 cm³/mol. The minimum Gasteiger partial charge on any atom is -0.351 e. The number of hydrogen-bond acceptors (Lipinski definition) is 4. The average Bonchev–Trinajstić information content (AvgIpc) is 2.76. The van der Waals surface area contributed by atoms with Gasteiger partial charge in [-0.3, -0.25) is 0 Å². The fourth-order valence-electron chi connectivity index (χ4n) is 1.57. The highest BCUT2D eigenvalue weighted by Crippen LogP contribution is 2.49. The Labute approximate surface area is 98.4 Å². The van der Waals surface area contributed by atoms with Crippen LogP contribution in [0.15, 0.2) is 0 Å². The first kappa shape index (κ1) is 10.9. The molecular weight excluding hydrogens is 235 g/mol. The highest BCUT2D eigenvalue weighted by molar-refractivity contribution is 6.31. The minimum absolute atomic E-state index is 0.122. The summed E-state index contributed by atoms with van der Waals surface area (Å²) in [5, 5.41) is 3.45. The Morgan fingerprint density at radius 3 is 2.40 bits per heavy atom. The standard InChI is InChI=1S/C9H12Cl2N4/c1-3-9(2)4-5(9)12-8-14-6(10)13-7(11)15-8/h5H,3-4H2,1-2H3,(H,12,13,14,15). The number of hydrogen-bond donors (Lipinski definition) is 1. The van der Waals surface area contributed by atoms with Gasteiger partial charge in [0.25, 0.3) is 0 Å². The molecule has 0 spiro atoms. The number of rotatable bonds is 3. The molecule has 1 saturated carbocycles. The SMILES string of the molecule is CCC1(C)CC1Nc1nc(Cl)nc(Cl)n1. The van der Waals surface area contributed by atoms with Crippen LogP contribution in [-0.2, 0) is 0 Å². The summed E-state index contributed by atoms with van der Waals surface area (Å²) in [6.45, 7) is 4.41. The number of halogens is 2. The molecule has 1 aromatic rings. The summed E-state index contributed by atoms with van der Waals surface area (Å²) >= 11 is 11.3. The largest absolute Gasteiger partial charge is 0.351 e. The van der Waals surface area contributed by atoms with Gasteiger partial charge >= 0.3 is 0 Å². The molecule has 0 radical (unpaired) electrons. The Morgan fingerprint density at radius 1 is 1.33 bits per heavy atom. The van der Waals surface area contributed by atoms with E-state index in [4.69, 9.17) is 23.2 Å². The summed E-state index contributed by atoms with van der Waals surface area (Å²) in [7, 11) is 0. The van der Waals surface area contributed by atoms with Gasteiger partial charge < -0.3 is 5.32 Å². The van der Waals surface area contributed by atoms with Crippen molar-refractivity contribution in [3.8, 4) is 0 Å². The van der Waals surface area contributed by atoms with Crippen molar-refractivity contribution in [3.05, 3.63) is 10.6 Å². The normalized spacial score (nSPS) is 28.9. The van der Waals surface area contributed by atoms with Crippen LogP contribution in [-0.4, -0.2) is 21.0 Å². The lowest BCUT2D eigenvalue weighted by atomic mass is 10.1. The van der Waals surface area contributed by atoms with E-state index in [1.54, 1.807) is 0 Å². The van der Waals surface area contributed by atoms with Gasteiger partial charge in [0.1, 0.15) is 0 Å². The van der Waals surface area contributed by atoms with Crippen LogP contribution in [0.3, 0.4) is 0 Å². The smallest absolute Gasteiger partial charge is 0.228 e. The Morgan fingerprint density at radius 2 is 1.93 bits per heavy atom.